The van der Waals surface area contributed by atoms with Crippen LogP contribution in [0.15, 0.2) is 30.3 Å². The van der Waals surface area contributed by atoms with Crippen LogP contribution < -0.4 is 10.6 Å². The van der Waals surface area contributed by atoms with Crippen LogP contribution in [0.5, 0.6) is 0 Å². The van der Waals surface area contributed by atoms with Gasteiger partial charge >= 0.3 is 6.03 Å². The number of carbonyl (C=O) groups is 1. The number of rotatable bonds is 5. The molecule has 1 aromatic carbocycles. The predicted molar refractivity (Wildman–Crippen MR) is 87.1 cm³/mol. The maximum Gasteiger partial charge on any atom is 0.315 e. The van der Waals surface area contributed by atoms with Crippen LogP contribution in [-0.4, -0.2) is 12.1 Å². The largest absolute Gasteiger partial charge is 0.335 e. The molecule has 1 saturated carbocycles. The molecular weight excluding hydrogens is 260 g/mol. The van der Waals surface area contributed by atoms with Crippen LogP contribution in [0.2, 0.25) is 0 Å². The molecule has 2 amide bonds. The Hall–Kier alpha value is -1.51. The van der Waals surface area contributed by atoms with Crippen molar-refractivity contribution in [2.75, 3.05) is 0 Å². The van der Waals surface area contributed by atoms with Crippen molar-refractivity contribution < 1.29 is 4.79 Å². The van der Waals surface area contributed by atoms with Crippen LogP contribution >= 0.6 is 0 Å². The molecule has 2 atom stereocenters. The summed E-state index contributed by atoms with van der Waals surface area (Å²) >= 11 is 0. The standard InChI is InChI=1S/C18H28N2O/c1-13(14-10-11-14)19-17(21)20-16(12-18(2,3)4)15-8-6-5-7-9-15/h5-9,13-14,16H,10-12H2,1-4H3,(H2,19,20,21). The normalized spacial score (nSPS) is 17.9. The molecule has 1 aromatic rings. The Labute approximate surface area is 128 Å². The van der Waals surface area contributed by atoms with Crippen molar-refractivity contribution in [1.29, 1.82) is 0 Å². The highest BCUT2D eigenvalue weighted by atomic mass is 16.2. The van der Waals surface area contributed by atoms with Gasteiger partial charge in [0.05, 0.1) is 6.04 Å². The molecule has 3 heteroatoms. The second-order valence-electron chi connectivity index (χ2n) is 7.47. The predicted octanol–water partition coefficient (Wildman–Crippen LogP) is 4.26. The molecule has 1 aliphatic carbocycles. The van der Waals surface area contributed by atoms with Crippen molar-refractivity contribution in [2.45, 2.75) is 59.0 Å². The van der Waals surface area contributed by atoms with Gasteiger partial charge in [0.15, 0.2) is 0 Å². The number of urea groups is 1. The molecule has 0 spiro atoms. The lowest BCUT2D eigenvalue weighted by molar-refractivity contribution is 0.226. The lowest BCUT2D eigenvalue weighted by Crippen LogP contribution is -2.43. The second kappa shape index (κ2) is 6.50. The van der Waals surface area contributed by atoms with Crippen molar-refractivity contribution in [3.8, 4) is 0 Å². The molecule has 0 bridgehead atoms. The molecule has 2 N–H and O–H groups in total. The number of benzene rings is 1. The maximum absolute atomic E-state index is 12.2. The van der Waals surface area contributed by atoms with E-state index in [9.17, 15) is 4.79 Å². The third-order valence-electron chi connectivity index (χ3n) is 4.01. The lowest BCUT2D eigenvalue weighted by Gasteiger charge is -2.28. The smallest absolute Gasteiger partial charge is 0.315 e. The van der Waals surface area contributed by atoms with Crippen LogP contribution in [0.1, 0.15) is 58.6 Å². The monoisotopic (exact) mass is 288 g/mol. The summed E-state index contributed by atoms with van der Waals surface area (Å²) in [5, 5.41) is 6.23. The Morgan fingerprint density at radius 3 is 2.33 bits per heavy atom. The lowest BCUT2D eigenvalue weighted by atomic mass is 9.85. The van der Waals surface area contributed by atoms with E-state index in [0.29, 0.717) is 5.92 Å². The molecule has 0 aliphatic heterocycles. The summed E-state index contributed by atoms with van der Waals surface area (Å²) in [5.74, 6) is 0.675. The van der Waals surface area contributed by atoms with Crippen LogP contribution in [-0.2, 0) is 0 Å². The van der Waals surface area contributed by atoms with Crippen molar-refractivity contribution >= 4 is 6.03 Å². The molecule has 21 heavy (non-hydrogen) atoms. The molecule has 0 saturated heterocycles. The summed E-state index contributed by atoms with van der Waals surface area (Å²) in [6, 6.07) is 10.5. The highest BCUT2D eigenvalue weighted by Crippen LogP contribution is 2.32. The summed E-state index contributed by atoms with van der Waals surface area (Å²) in [5.41, 5.74) is 1.33. The molecule has 3 nitrogen and oxygen atoms in total. The number of nitrogens with one attached hydrogen (secondary N) is 2. The van der Waals surface area contributed by atoms with Gasteiger partial charge in [-0.05, 0) is 43.1 Å². The van der Waals surface area contributed by atoms with E-state index in [0.717, 1.165) is 6.42 Å². The summed E-state index contributed by atoms with van der Waals surface area (Å²) in [7, 11) is 0. The fourth-order valence-corrected chi connectivity index (χ4v) is 2.67. The van der Waals surface area contributed by atoms with Gasteiger partial charge < -0.3 is 10.6 Å². The average molecular weight is 288 g/mol. The summed E-state index contributed by atoms with van der Waals surface area (Å²) in [6.07, 6.45) is 3.40. The highest BCUT2D eigenvalue weighted by molar-refractivity contribution is 5.74. The summed E-state index contributed by atoms with van der Waals surface area (Å²) in [4.78, 5) is 12.2. The Morgan fingerprint density at radius 2 is 1.81 bits per heavy atom. The summed E-state index contributed by atoms with van der Waals surface area (Å²) in [6.45, 7) is 8.71. The van der Waals surface area contributed by atoms with Crippen LogP contribution in [0, 0.1) is 11.3 Å². The first kappa shape index (κ1) is 15.9. The second-order valence-corrected chi connectivity index (χ2v) is 7.47. The van der Waals surface area contributed by atoms with Gasteiger partial charge in [-0.2, -0.15) is 0 Å². The van der Waals surface area contributed by atoms with Gasteiger partial charge in [0.1, 0.15) is 0 Å². The third kappa shape index (κ3) is 5.41. The number of carbonyl (C=O) groups excluding carboxylic acids is 1. The van der Waals surface area contributed by atoms with Gasteiger partial charge in [0.25, 0.3) is 0 Å². The average Bonchev–Trinajstić information content (AvgIpc) is 3.21. The zero-order valence-electron chi connectivity index (χ0n) is 13.6. The first-order valence-corrected chi connectivity index (χ1v) is 7.97. The molecular formula is C18H28N2O. The van der Waals surface area contributed by atoms with E-state index in [1.807, 2.05) is 18.2 Å². The minimum absolute atomic E-state index is 0.0486. The zero-order valence-corrected chi connectivity index (χ0v) is 13.6. The van der Waals surface area contributed by atoms with Crippen molar-refractivity contribution in [1.82, 2.24) is 10.6 Å². The van der Waals surface area contributed by atoms with E-state index in [4.69, 9.17) is 0 Å². The minimum atomic E-state index is -0.0486. The fraction of sp³-hybridized carbons (Fsp3) is 0.611. The molecule has 2 unspecified atom stereocenters. The summed E-state index contributed by atoms with van der Waals surface area (Å²) < 4.78 is 0. The SMILES string of the molecule is CC(NC(=O)NC(CC(C)(C)C)c1ccccc1)C1CC1. The Morgan fingerprint density at radius 1 is 1.19 bits per heavy atom. The molecule has 2 rings (SSSR count). The Bertz CT molecular complexity index is 460. The number of hydrogen-bond acceptors (Lipinski definition) is 1. The van der Waals surface area contributed by atoms with Crippen LogP contribution in [0.25, 0.3) is 0 Å². The molecule has 116 valence electrons. The minimum Gasteiger partial charge on any atom is -0.335 e. The quantitative estimate of drug-likeness (QED) is 0.835. The van der Waals surface area contributed by atoms with Gasteiger partial charge in [0, 0.05) is 6.04 Å². The number of amides is 2. The Balaban J connectivity index is 1.99. The van der Waals surface area contributed by atoms with Crippen molar-refractivity contribution in [3.63, 3.8) is 0 Å². The van der Waals surface area contributed by atoms with E-state index >= 15 is 0 Å². The van der Waals surface area contributed by atoms with Gasteiger partial charge in [0.2, 0.25) is 0 Å². The molecule has 1 aliphatic rings. The van der Waals surface area contributed by atoms with Gasteiger partial charge in [-0.3, -0.25) is 0 Å². The topological polar surface area (TPSA) is 41.1 Å². The molecule has 0 aromatic heterocycles. The van der Waals surface area contributed by atoms with E-state index in [1.54, 1.807) is 0 Å². The fourth-order valence-electron chi connectivity index (χ4n) is 2.67. The number of hydrogen-bond donors (Lipinski definition) is 2. The molecule has 1 fully saturated rings. The first-order chi connectivity index (χ1) is 9.85. The van der Waals surface area contributed by atoms with Crippen molar-refractivity contribution in [2.24, 2.45) is 11.3 Å². The van der Waals surface area contributed by atoms with Crippen LogP contribution in [0.3, 0.4) is 0 Å². The van der Waals surface area contributed by atoms with E-state index < -0.39 is 0 Å². The van der Waals surface area contributed by atoms with Gasteiger partial charge in [-0.1, -0.05) is 51.1 Å². The van der Waals surface area contributed by atoms with Crippen LogP contribution in [0.4, 0.5) is 4.79 Å². The van der Waals surface area contributed by atoms with E-state index in [-0.39, 0.29) is 23.5 Å². The first-order valence-electron chi connectivity index (χ1n) is 7.97. The van der Waals surface area contributed by atoms with Gasteiger partial charge in [-0.25, -0.2) is 4.79 Å². The Kier molecular flexibility index (Phi) is 4.92. The van der Waals surface area contributed by atoms with Gasteiger partial charge in [-0.15, -0.1) is 0 Å². The van der Waals surface area contributed by atoms with E-state index in [1.165, 1.54) is 18.4 Å². The molecule has 0 radical (unpaired) electrons. The molecule has 0 heterocycles. The maximum atomic E-state index is 12.2. The zero-order chi connectivity index (χ0) is 15.5. The van der Waals surface area contributed by atoms with Crippen molar-refractivity contribution in [3.05, 3.63) is 35.9 Å². The third-order valence-corrected chi connectivity index (χ3v) is 4.01. The van der Waals surface area contributed by atoms with E-state index in [2.05, 4.69) is 50.5 Å². The highest BCUT2D eigenvalue weighted by Gasteiger charge is 2.29.